The van der Waals surface area contributed by atoms with Crippen LogP contribution in [-0.2, 0) is 11.0 Å². The number of alkyl halides is 3. The van der Waals surface area contributed by atoms with Gasteiger partial charge in [-0.2, -0.15) is 24.9 Å². The van der Waals surface area contributed by atoms with Crippen molar-refractivity contribution in [1.29, 1.82) is 0 Å². The van der Waals surface area contributed by atoms with Gasteiger partial charge in [-0.05, 0) is 36.6 Å². The molecule has 1 amide bonds. The van der Waals surface area contributed by atoms with Gasteiger partial charge in [-0.25, -0.2) is 0 Å². The number of benzene rings is 1. The number of carbonyl (C=O) groups excluding carboxylic acids is 1. The van der Waals surface area contributed by atoms with Crippen LogP contribution in [0.3, 0.4) is 0 Å². The minimum atomic E-state index is -4.35. The number of hydrogen-bond donors (Lipinski definition) is 1. The maximum absolute atomic E-state index is 12.8. The molecule has 1 aromatic rings. The monoisotopic (exact) mass is 397 g/mol. The van der Waals surface area contributed by atoms with E-state index in [9.17, 15) is 18.0 Å². The number of hydrogen-bond acceptors (Lipinski definition) is 4. The number of rotatable bonds is 5. The Bertz CT molecular complexity index is 566. The summed E-state index contributed by atoms with van der Waals surface area (Å²) in [7, 11) is 0. The summed E-state index contributed by atoms with van der Waals surface area (Å²) in [6.07, 6.45) is -1.75. The number of carbonyl (C=O) groups is 1. The largest absolute Gasteiger partial charge is 0.416 e. The molecule has 1 heterocycles. The van der Waals surface area contributed by atoms with Gasteiger partial charge >= 0.3 is 6.18 Å². The number of nitrogens with zero attached hydrogens (tertiary/aromatic N) is 2. The SMILES string of the molecule is CSCC[C@H](N)C(=O)N1CCN(c2cccc(C(F)(F)F)c2)CC1.Cl. The molecule has 0 spiro atoms. The molecule has 0 bridgehead atoms. The number of anilines is 1. The molecule has 0 aliphatic carbocycles. The molecule has 0 unspecified atom stereocenters. The Hall–Kier alpha value is -1.12. The summed E-state index contributed by atoms with van der Waals surface area (Å²) in [4.78, 5) is 15.8. The van der Waals surface area contributed by atoms with Crippen molar-refractivity contribution < 1.29 is 18.0 Å². The van der Waals surface area contributed by atoms with Crippen molar-refractivity contribution in [1.82, 2.24) is 4.90 Å². The van der Waals surface area contributed by atoms with Crippen LogP contribution in [0, 0.1) is 0 Å². The minimum Gasteiger partial charge on any atom is -0.368 e. The zero-order valence-electron chi connectivity index (χ0n) is 14.0. The normalized spacial score (nSPS) is 16.4. The lowest BCUT2D eigenvalue weighted by atomic mass is 10.1. The summed E-state index contributed by atoms with van der Waals surface area (Å²) in [6.45, 7) is 1.95. The Kier molecular flexibility index (Phi) is 8.37. The predicted molar refractivity (Wildman–Crippen MR) is 98.5 cm³/mol. The third-order valence-corrected chi connectivity index (χ3v) is 4.72. The maximum atomic E-state index is 12.8. The number of halogens is 4. The maximum Gasteiger partial charge on any atom is 0.416 e. The molecule has 2 rings (SSSR count). The second-order valence-electron chi connectivity index (χ2n) is 5.75. The van der Waals surface area contributed by atoms with Gasteiger partial charge in [-0.15, -0.1) is 12.4 Å². The van der Waals surface area contributed by atoms with Crippen LogP contribution < -0.4 is 10.6 Å². The van der Waals surface area contributed by atoms with Crippen LogP contribution in [0.5, 0.6) is 0 Å². The molecule has 142 valence electrons. The highest BCUT2D eigenvalue weighted by atomic mass is 35.5. The van der Waals surface area contributed by atoms with E-state index in [2.05, 4.69) is 0 Å². The van der Waals surface area contributed by atoms with Crippen LogP contribution in [0.4, 0.5) is 18.9 Å². The van der Waals surface area contributed by atoms with Crippen LogP contribution in [0.1, 0.15) is 12.0 Å². The van der Waals surface area contributed by atoms with E-state index in [4.69, 9.17) is 5.73 Å². The summed E-state index contributed by atoms with van der Waals surface area (Å²) < 4.78 is 38.4. The molecule has 2 N–H and O–H groups in total. The first-order valence-corrected chi connectivity index (χ1v) is 9.18. The lowest BCUT2D eigenvalue weighted by Gasteiger charge is -2.37. The van der Waals surface area contributed by atoms with Gasteiger partial charge in [0.25, 0.3) is 0 Å². The third kappa shape index (κ3) is 5.97. The summed E-state index contributed by atoms with van der Waals surface area (Å²) >= 11 is 1.64. The molecular formula is C16H23ClF3N3OS. The summed E-state index contributed by atoms with van der Waals surface area (Å²) in [5, 5.41) is 0. The summed E-state index contributed by atoms with van der Waals surface area (Å²) in [6, 6.07) is 4.79. The Morgan fingerprint density at radius 3 is 2.48 bits per heavy atom. The molecule has 4 nitrogen and oxygen atoms in total. The fourth-order valence-electron chi connectivity index (χ4n) is 2.67. The Morgan fingerprint density at radius 1 is 1.28 bits per heavy atom. The molecule has 0 aromatic heterocycles. The molecule has 0 saturated carbocycles. The topological polar surface area (TPSA) is 49.6 Å². The highest BCUT2D eigenvalue weighted by molar-refractivity contribution is 7.98. The van der Waals surface area contributed by atoms with E-state index < -0.39 is 17.8 Å². The zero-order chi connectivity index (χ0) is 17.7. The lowest BCUT2D eigenvalue weighted by Crippen LogP contribution is -2.53. The van der Waals surface area contributed by atoms with Gasteiger partial charge in [0.2, 0.25) is 5.91 Å². The minimum absolute atomic E-state index is 0. The van der Waals surface area contributed by atoms with Crippen molar-refractivity contribution in [2.24, 2.45) is 5.73 Å². The predicted octanol–water partition coefficient (Wildman–Crippen LogP) is 2.86. The molecule has 1 fully saturated rings. The van der Waals surface area contributed by atoms with Gasteiger partial charge in [-0.3, -0.25) is 4.79 Å². The van der Waals surface area contributed by atoms with Crippen LogP contribution in [0.25, 0.3) is 0 Å². The van der Waals surface area contributed by atoms with E-state index in [1.54, 1.807) is 22.7 Å². The van der Waals surface area contributed by atoms with E-state index in [1.165, 1.54) is 6.07 Å². The van der Waals surface area contributed by atoms with Crippen LogP contribution >= 0.6 is 24.2 Å². The fraction of sp³-hybridized carbons (Fsp3) is 0.562. The number of nitrogens with two attached hydrogens (primary N) is 1. The van der Waals surface area contributed by atoms with Gasteiger partial charge in [0, 0.05) is 31.9 Å². The lowest BCUT2D eigenvalue weighted by molar-refractivity contribution is -0.137. The molecule has 25 heavy (non-hydrogen) atoms. The summed E-state index contributed by atoms with van der Waals surface area (Å²) in [5.74, 6) is 0.754. The quantitative estimate of drug-likeness (QED) is 0.830. The Labute approximate surface area is 156 Å². The van der Waals surface area contributed by atoms with Crippen molar-refractivity contribution in [3.05, 3.63) is 29.8 Å². The Morgan fingerprint density at radius 2 is 1.92 bits per heavy atom. The van der Waals surface area contributed by atoms with Crippen LogP contribution in [0.15, 0.2) is 24.3 Å². The smallest absolute Gasteiger partial charge is 0.368 e. The molecule has 1 aliphatic heterocycles. The van der Waals surface area contributed by atoms with Gasteiger partial charge in [0.1, 0.15) is 0 Å². The summed E-state index contributed by atoms with van der Waals surface area (Å²) in [5.41, 5.74) is 5.78. The van der Waals surface area contributed by atoms with E-state index >= 15 is 0 Å². The van der Waals surface area contributed by atoms with Crippen LogP contribution in [0.2, 0.25) is 0 Å². The van der Waals surface area contributed by atoms with E-state index in [0.717, 1.165) is 17.9 Å². The molecule has 1 aliphatic rings. The van der Waals surface area contributed by atoms with Gasteiger partial charge in [0.15, 0.2) is 0 Å². The molecule has 1 atom stereocenters. The highest BCUT2D eigenvalue weighted by Gasteiger charge is 2.31. The average Bonchev–Trinajstić information content (AvgIpc) is 2.58. The van der Waals surface area contributed by atoms with Crippen LogP contribution in [-0.4, -0.2) is 55.0 Å². The number of thioether (sulfide) groups is 1. The molecular weight excluding hydrogens is 375 g/mol. The highest BCUT2D eigenvalue weighted by Crippen LogP contribution is 2.31. The zero-order valence-corrected chi connectivity index (χ0v) is 15.6. The van der Waals surface area contributed by atoms with Crippen molar-refractivity contribution >= 4 is 35.8 Å². The van der Waals surface area contributed by atoms with E-state index in [0.29, 0.717) is 38.3 Å². The second kappa shape index (κ2) is 9.54. The second-order valence-corrected chi connectivity index (χ2v) is 6.73. The van der Waals surface area contributed by atoms with Gasteiger partial charge in [0.05, 0.1) is 11.6 Å². The fourth-order valence-corrected chi connectivity index (χ4v) is 3.16. The van der Waals surface area contributed by atoms with Crippen molar-refractivity contribution in [2.75, 3.05) is 43.1 Å². The first-order chi connectivity index (χ1) is 11.3. The number of piperazine rings is 1. The molecule has 1 saturated heterocycles. The first-order valence-electron chi connectivity index (χ1n) is 7.78. The molecule has 9 heteroatoms. The number of amides is 1. The average molecular weight is 398 g/mol. The standard InChI is InChI=1S/C16H22F3N3OS.ClH/c1-24-10-5-14(20)15(23)22-8-6-21(7-9-22)13-4-2-3-12(11-13)16(17,18)19;/h2-4,11,14H,5-10,20H2,1H3;1H/t14-;/m0./s1. The molecule has 1 aromatic carbocycles. The van der Waals surface area contributed by atoms with Gasteiger partial charge < -0.3 is 15.5 Å². The first kappa shape index (κ1) is 21.9. The van der Waals surface area contributed by atoms with Crippen molar-refractivity contribution in [2.45, 2.75) is 18.6 Å². The van der Waals surface area contributed by atoms with E-state index in [1.807, 2.05) is 11.2 Å². The van der Waals surface area contributed by atoms with Crippen molar-refractivity contribution in [3.8, 4) is 0 Å². The third-order valence-electron chi connectivity index (χ3n) is 4.08. The molecule has 0 radical (unpaired) electrons. The van der Waals surface area contributed by atoms with E-state index in [-0.39, 0.29) is 18.3 Å². The Balaban J connectivity index is 0.00000312. The van der Waals surface area contributed by atoms with Crippen molar-refractivity contribution in [3.63, 3.8) is 0 Å². The van der Waals surface area contributed by atoms with Gasteiger partial charge in [-0.1, -0.05) is 6.07 Å².